The zero-order valence-corrected chi connectivity index (χ0v) is 12.4. The molecular formula is C15H13BrFNO2. The van der Waals surface area contributed by atoms with Gasteiger partial charge in [-0.15, -0.1) is 0 Å². The largest absolute Gasteiger partial charge is 0.493 e. The van der Waals surface area contributed by atoms with Gasteiger partial charge in [-0.05, 0) is 59.3 Å². The van der Waals surface area contributed by atoms with Gasteiger partial charge in [0.1, 0.15) is 11.6 Å². The predicted octanol–water partition coefficient (Wildman–Crippen LogP) is 4.24. The Labute approximate surface area is 124 Å². The summed E-state index contributed by atoms with van der Waals surface area (Å²) in [6.07, 6.45) is 0. The Balaban J connectivity index is 2.15. The maximum Gasteiger partial charge on any atom is 0.255 e. The Morgan fingerprint density at radius 1 is 1.30 bits per heavy atom. The van der Waals surface area contributed by atoms with Crippen molar-refractivity contribution < 1.29 is 13.9 Å². The van der Waals surface area contributed by atoms with Gasteiger partial charge in [0.15, 0.2) is 0 Å². The highest BCUT2D eigenvalue weighted by molar-refractivity contribution is 9.10. The van der Waals surface area contributed by atoms with Crippen LogP contribution in [-0.4, -0.2) is 12.5 Å². The van der Waals surface area contributed by atoms with Gasteiger partial charge in [-0.1, -0.05) is 6.07 Å². The summed E-state index contributed by atoms with van der Waals surface area (Å²) >= 11 is 3.35. The van der Waals surface area contributed by atoms with Gasteiger partial charge in [0.2, 0.25) is 0 Å². The molecule has 2 aromatic carbocycles. The monoisotopic (exact) mass is 337 g/mol. The number of amides is 1. The molecule has 0 bridgehead atoms. The molecule has 1 amide bonds. The van der Waals surface area contributed by atoms with Crippen molar-refractivity contribution in [2.24, 2.45) is 0 Å². The SMILES string of the molecule is CCOc1ccc(C(=O)Nc2cccc(F)c2)cc1Br. The molecule has 5 heteroatoms. The van der Waals surface area contributed by atoms with E-state index in [1.165, 1.54) is 12.1 Å². The summed E-state index contributed by atoms with van der Waals surface area (Å²) in [4.78, 5) is 12.1. The van der Waals surface area contributed by atoms with Crippen LogP contribution >= 0.6 is 15.9 Å². The van der Waals surface area contributed by atoms with Crippen molar-refractivity contribution in [3.8, 4) is 5.75 Å². The Morgan fingerprint density at radius 2 is 2.10 bits per heavy atom. The zero-order valence-electron chi connectivity index (χ0n) is 10.8. The highest BCUT2D eigenvalue weighted by Crippen LogP contribution is 2.26. The highest BCUT2D eigenvalue weighted by atomic mass is 79.9. The van der Waals surface area contributed by atoms with E-state index in [0.717, 1.165) is 0 Å². The van der Waals surface area contributed by atoms with Crippen LogP contribution in [0.3, 0.4) is 0 Å². The van der Waals surface area contributed by atoms with E-state index in [0.29, 0.717) is 28.1 Å². The smallest absolute Gasteiger partial charge is 0.255 e. The first-order chi connectivity index (χ1) is 9.60. The Bertz CT molecular complexity index is 631. The van der Waals surface area contributed by atoms with Gasteiger partial charge in [-0.25, -0.2) is 4.39 Å². The maximum absolute atomic E-state index is 13.0. The van der Waals surface area contributed by atoms with Crippen LogP contribution in [0, 0.1) is 5.82 Å². The number of rotatable bonds is 4. The second-order valence-corrected chi connectivity index (χ2v) is 4.90. The summed E-state index contributed by atoms with van der Waals surface area (Å²) < 4.78 is 19.1. The Morgan fingerprint density at radius 3 is 2.75 bits per heavy atom. The van der Waals surface area contributed by atoms with Crippen LogP contribution in [0.25, 0.3) is 0 Å². The number of hydrogen-bond donors (Lipinski definition) is 1. The lowest BCUT2D eigenvalue weighted by molar-refractivity contribution is 0.102. The molecule has 2 aromatic rings. The lowest BCUT2D eigenvalue weighted by atomic mass is 10.2. The van der Waals surface area contributed by atoms with Crippen molar-refractivity contribution >= 4 is 27.5 Å². The van der Waals surface area contributed by atoms with E-state index in [-0.39, 0.29) is 5.91 Å². The standard InChI is InChI=1S/C15H13BrFNO2/c1-2-20-14-7-6-10(8-13(14)16)15(19)18-12-5-3-4-11(17)9-12/h3-9H,2H2,1H3,(H,18,19). The average molecular weight is 338 g/mol. The molecule has 0 atom stereocenters. The number of nitrogens with one attached hydrogen (secondary N) is 1. The fourth-order valence-electron chi connectivity index (χ4n) is 1.68. The lowest BCUT2D eigenvalue weighted by Crippen LogP contribution is -2.12. The van der Waals surface area contributed by atoms with E-state index in [1.807, 2.05) is 6.92 Å². The van der Waals surface area contributed by atoms with E-state index in [4.69, 9.17) is 4.74 Å². The second kappa shape index (κ2) is 6.52. The minimum absolute atomic E-state index is 0.306. The van der Waals surface area contributed by atoms with Gasteiger partial charge in [0, 0.05) is 11.3 Å². The quantitative estimate of drug-likeness (QED) is 0.906. The number of anilines is 1. The molecule has 0 saturated carbocycles. The molecule has 0 aliphatic rings. The molecule has 20 heavy (non-hydrogen) atoms. The molecule has 0 radical (unpaired) electrons. The van der Waals surface area contributed by atoms with Gasteiger partial charge in [-0.3, -0.25) is 4.79 Å². The van der Waals surface area contributed by atoms with Gasteiger partial charge < -0.3 is 10.1 Å². The van der Waals surface area contributed by atoms with Crippen LogP contribution in [-0.2, 0) is 0 Å². The minimum Gasteiger partial charge on any atom is -0.493 e. The van der Waals surface area contributed by atoms with Crippen molar-refractivity contribution in [3.05, 3.63) is 58.3 Å². The number of carbonyl (C=O) groups is 1. The fourth-order valence-corrected chi connectivity index (χ4v) is 2.18. The molecule has 1 N–H and O–H groups in total. The van der Waals surface area contributed by atoms with Crippen molar-refractivity contribution in [2.75, 3.05) is 11.9 Å². The number of hydrogen-bond acceptors (Lipinski definition) is 2. The van der Waals surface area contributed by atoms with Gasteiger partial charge in [0.25, 0.3) is 5.91 Å². The summed E-state index contributed by atoms with van der Waals surface area (Å²) in [6.45, 7) is 2.43. The fraction of sp³-hybridized carbons (Fsp3) is 0.133. The van der Waals surface area contributed by atoms with E-state index >= 15 is 0 Å². The van der Waals surface area contributed by atoms with E-state index in [9.17, 15) is 9.18 Å². The third-order valence-corrected chi connectivity index (χ3v) is 3.20. The summed E-state index contributed by atoms with van der Waals surface area (Å²) in [6, 6.07) is 10.8. The summed E-state index contributed by atoms with van der Waals surface area (Å²) in [5, 5.41) is 2.64. The normalized spacial score (nSPS) is 10.2. The minimum atomic E-state index is -0.393. The lowest BCUT2D eigenvalue weighted by Gasteiger charge is -2.09. The van der Waals surface area contributed by atoms with Crippen LogP contribution in [0.1, 0.15) is 17.3 Å². The van der Waals surface area contributed by atoms with Gasteiger partial charge in [-0.2, -0.15) is 0 Å². The highest BCUT2D eigenvalue weighted by Gasteiger charge is 2.09. The summed E-state index contributed by atoms with van der Waals surface area (Å²) in [5.41, 5.74) is 0.879. The van der Waals surface area contributed by atoms with Gasteiger partial charge >= 0.3 is 0 Å². The molecule has 0 spiro atoms. The van der Waals surface area contributed by atoms with Crippen LogP contribution < -0.4 is 10.1 Å². The molecular weight excluding hydrogens is 325 g/mol. The van der Waals surface area contributed by atoms with Crippen LogP contribution in [0.5, 0.6) is 5.75 Å². The number of halogens is 2. The number of carbonyl (C=O) groups excluding carboxylic acids is 1. The van der Waals surface area contributed by atoms with E-state index < -0.39 is 5.82 Å². The second-order valence-electron chi connectivity index (χ2n) is 4.04. The van der Waals surface area contributed by atoms with Crippen LogP contribution in [0.15, 0.2) is 46.9 Å². The first kappa shape index (κ1) is 14.5. The van der Waals surface area contributed by atoms with E-state index in [1.54, 1.807) is 30.3 Å². The Hall–Kier alpha value is -1.88. The molecule has 104 valence electrons. The van der Waals surface area contributed by atoms with E-state index in [2.05, 4.69) is 21.2 Å². The Kier molecular flexibility index (Phi) is 4.74. The van der Waals surface area contributed by atoms with Crippen LogP contribution in [0.2, 0.25) is 0 Å². The molecule has 0 aromatic heterocycles. The molecule has 0 aliphatic heterocycles. The zero-order chi connectivity index (χ0) is 14.5. The first-order valence-electron chi connectivity index (χ1n) is 6.09. The summed E-state index contributed by atoms with van der Waals surface area (Å²) in [7, 11) is 0. The molecule has 0 heterocycles. The predicted molar refractivity (Wildman–Crippen MR) is 79.7 cm³/mol. The molecule has 0 unspecified atom stereocenters. The topological polar surface area (TPSA) is 38.3 Å². The molecule has 0 fully saturated rings. The maximum atomic E-state index is 13.0. The third kappa shape index (κ3) is 3.57. The third-order valence-electron chi connectivity index (χ3n) is 2.58. The van der Waals surface area contributed by atoms with Crippen molar-refractivity contribution in [2.45, 2.75) is 6.92 Å². The first-order valence-corrected chi connectivity index (χ1v) is 6.88. The van der Waals surface area contributed by atoms with Crippen LogP contribution in [0.4, 0.5) is 10.1 Å². The van der Waals surface area contributed by atoms with Crippen molar-refractivity contribution in [3.63, 3.8) is 0 Å². The van der Waals surface area contributed by atoms with Crippen molar-refractivity contribution in [1.82, 2.24) is 0 Å². The molecule has 2 rings (SSSR count). The average Bonchev–Trinajstić information content (AvgIpc) is 2.41. The summed E-state index contributed by atoms with van der Waals surface area (Å²) in [5.74, 6) is -0.0233. The number of ether oxygens (including phenoxy) is 1. The number of benzene rings is 2. The molecule has 3 nitrogen and oxygen atoms in total. The van der Waals surface area contributed by atoms with Gasteiger partial charge in [0.05, 0.1) is 11.1 Å². The van der Waals surface area contributed by atoms with Crippen molar-refractivity contribution in [1.29, 1.82) is 0 Å². The molecule has 0 aliphatic carbocycles. The molecule has 0 saturated heterocycles.